The summed E-state index contributed by atoms with van der Waals surface area (Å²) in [7, 11) is -5.11. The van der Waals surface area contributed by atoms with E-state index in [2.05, 4.69) is 11.6 Å². The molecule has 74 valence electrons. The first kappa shape index (κ1) is 12.2. The zero-order chi connectivity index (χ0) is 10.2. The molecule has 12 heavy (non-hydrogen) atoms. The maximum Gasteiger partial charge on any atom is 0.416 e. The minimum Gasteiger partial charge on any atom is -0.382 e. The average Bonchev–Trinajstić information content (AvgIpc) is 1.80. The number of halogens is 4. The second-order valence-electron chi connectivity index (χ2n) is 1.95. The van der Waals surface area contributed by atoms with E-state index in [1.165, 1.54) is 0 Å². The van der Waals surface area contributed by atoms with Gasteiger partial charge in [-0.25, -0.2) is 0 Å². The van der Waals surface area contributed by atoms with Gasteiger partial charge in [-0.15, -0.1) is 11.6 Å². The number of hydrogen-bond donors (Lipinski definition) is 3. The molecule has 4 nitrogen and oxygen atoms in total. The van der Waals surface area contributed by atoms with Gasteiger partial charge in [0.15, 0.2) is 11.2 Å². The molecular formula is C3H5ClF3O4P. The number of alkyl halides is 4. The Morgan fingerprint density at radius 2 is 1.67 bits per heavy atom. The van der Waals surface area contributed by atoms with Gasteiger partial charge in [0, 0.05) is 0 Å². The van der Waals surface area contributed by atoms with Crippen molar-refractivity contribution in [2.75, 3.05) is 0 Å². The molecule has 0 aromatic heterocycles. The molecule has 0 aromatic carbocycles. The lowest BCUT2D eigenvalue weighted by Gasteiger charge is -2.19. The van der Waals surface area contributed by atoms with Gasteiger partial charge in [0.05, 0.1) is 0 Å². The molecule has 0 aliphatic carbocycles. The van der Waals surface area contributed by atoms with Gasteiger partial charge in [0.1, 0.15) is 0 Å². The van der Waals surface area contributed by atoms with E-state index in [1.54, 1.807) is 0 Å². The Balaban J connectivity index is 4.52. The molecule has 0 aliphatic rings. The van der Waals surface area contributed by atoms with Crippen molar-refractivity contribution in [3.05, 3.63) is 0 Å². The summed E-state index contributed by atoms with van der Waals surface area (Å²) < 4.78 is 44.8. The van der Waals surface area contributed by atoms with Crippen LogP contribution in [0.2, 0.25) is 0 Å². The third kappa shape index (κ3) is 3.28. The molecule has 3 N–H and O–H groups in total. The van der Waals surface area contributed by atoms with Gasteiger partial charge in [-0.05, 0) is 0 Å². The van der Waals surface area contributed by atoms with Crippen LogP contribution in [0.1, 0.15) is 0 Å². The van der Waals surface area contributed by atoms with Crippen molar-refractivity contribution in [1.82, 2.24) is 0 Å². The summed E-state index contributed by atoms with van der Waals surface area (Å²) in [5, 5.41) is 5.59. The van der Waals surface area contributed by atoms with Gasteiger partial charge >= 0.3 is 13.8 Å². The molecule has 0 rings (SSSR count). The quantitative estimate of drug-likeness (QED) is 0.479. The smallest absolute Gasteiger partial charge is 0.382 e. The van der Waals surface area contributed by atoms with Crippen LogP contribution in [-0.2, 0) is 4.57 Å². The molecular weight excluding hydrogens is 223 g/mol. The van der Waals surface area contributed by atoms with E-state index in [-0.39, 0.29) is 0 Å². The maximum absolute atomic E-state index is 11.6. The van der Waals surface area contributed by atoms with Crippen molar-refractivity contribution in [2.45, 2.75) is 17.4 Å². The number of rotatable bonds is 2. The Hall–Kier alpha value is 0.190. The summed E-state index contributed by atoms with van der Waals surface area (Å²) in [5.41, 5.74) is 0. The van der Waals surface area contributed by atoms with Crippen LogP contribution in [0, 0.1) is 0 Å². The molecule has 0 fully saturated rings. The van der Waals surface area contributed by atoms with Crippen molar-refractivity contribution < 1.29 is 32.6 Å². The summed E-state index contributed by atoms with van der Waals surface area (Å²) in [5.74, 6) is 0. The molecule has 0 saturated heterocycles. The topological polar surface area (TPSA) is 77.8 Å². The molecule has 0 aromatic rings. The normalized spacial score (nSPS) is 18.9. The van der Waals surface area contributed by atoms with E-state index in [4.69, 9.17) is 14.9 Å². The standard InChI is InChI=1S/C3H5ClF3O4P/c4-2(12(9,10)11)1(8)3(5,6)7/h1-2,8H,(H2,9,10,11). The summed E-state index contributed by atoms with van der Waals surface area (Å²) in [6.07, 6.45) is -8.35. The Bertz CT molecular complexity index is 200. The fourth-order valence-corrected chi connectivity index (χ4v) is 1.02. The molecule has 0 radical (unpaired) electrons. The van der Waals surface area contributed by atoms with Crippen LogP contribution >= 0.6 is 19.2 Å². The predicted octanol–water partition coefficient (Wildman–Crippen LogP) is 0.652. The monoisotopic (exact) mass is 228 g/mol. The molecule has 0 heterocycles. The van der Waals surface area contributed by atoms with Gasteiger partial charge in [0.25, 0.3) is 0 Å². The molecule has 0 saturated carbocycles. The molecule has 0 spiro atoms. The average molecular weight is 228 g/mol. The van der Waals surface area contributed by atoms with E-state index in [1.807, 2.05) is 0 Å². The van der Waals surface area contributed by atoms with Crippen molar-refractivity contribution >= 4 is 19.2 Å². The minimum atomic E-state index is -5.13. The zero-order valence-electron chi connectivity index (χ0n) is 5.36. The Labute approximate surface area is 70.1 Å². The molecule has 0 amide bonds. The minimum absolute atomic E-state index is 2.66. The van der Waals surface area contributed by atoms with Gasteiger partial charge in [-0.1, -0.05) is 0 Å². The second-order valence-corrected chi connectivity index (χ2v) is 4.46. The largest absolute Gasteiger partial charge is 0.416 e. The van der Waals surface area contributed by atoms with E-state index in [9.17, 15) is 17.7 Å². The first-order valence-corrected chi connectivity index (χ1v) is 4.62. The first-order chi connectivity index (χ1) is 5.07. The van der Waals surface area contributed by atoms with Crippen molar-refractivity contribution in [1.29, 1.82) is 0 Å². The van der Waals surface area contributed by atoms with Gasteiger partial charge in [0.2, 0.25) is 0 Å². The Morgan fingerprint density at radius 3 is 1.75 bits per heavy atom. The number of hydrogen-bond acceptors (Lipinski definition) is 2. The predicted molar refractivity (Wildman–Crippen MR) is 33.7 cm³/mol. The lowest BCUT2D eigenvalue weighted by molar-refractivity contribution is -0.200. The highest BCUT2D eigenvalue weighted by molar-refractivity contribution is 7.54. The summed E-state index contributed by atoms with van der Waals surface area (Å²) in [4.78, 5) is 16.3. The molecule has 0 bridgehead atoms. The highest BCUT2D eigenvalue weighted by Crippen LogP contribution is 2.48. The summed E-state index contributed by atoms with van der Waals surface area (Å²) >= 11 is 4.66. The van der Waals surface area contributed by atoms with Crippen LogP contribution in [-0.4, -0.2) is 32.3 Å². The SMILES string of the molecule is O=P(O)(O)C(Cl)C(O)C(F)(F)F. The van der Waals surface area contributed by atoms with Gasteiger partial charge < -0.3 is 14.9 Å². The second kappa shape index (κ2) is 3.51. The first-order valence-electron chi connectivity index (χ1n) is 2.51. The number of aliphatic hydroxyl groups is 1. The third-order valence-electron chi connectivity index (χ3n) is 0.917. The van der Waals surface area contributed by atoms with Crippen LogP contribution in [0.5, 0.6) is 0 Å². The number of aliphatic hydroxyl groups excluding tert-OH is 1. The molecule has 2 atom stereocenters. The van der Waals surface area contributed by atoms with Crippen molar-refractivity contribution in [3.8, 4) is 0 Å². The van der Waals surface area contributed by atoms with E-state index in [0.29, 0.717) is 0 Å². The molecule has 2 unspecified atom stereocenters. The lowest BCUT2D eigenvalue weighted by atomic mass is 10.4. The third-order valence-corrected chi connectivity index (χ3v) is 2.84. The molecule has 9 heteroatoms. The lowest BCUT2D eigenvalue weighted by Crippen LogP contribution is -2.36. The van der Waals surface area contributed by atoms with Gasteiger partial charge in [-0.2, -0.15) is 13.2 Å². The highest BCUT2D eigenvalue weighted by Gasteiger charge is 2.49. The Morgan fingerprint density at radius 1 is 1.33 bits per heavy atom. The van der Waals surface area contributed by atoms with Crippen LogP contribution < -0.4 is 0 Å². The van der Waals surface area contributed by atoms with Crippen LogP contribution in [0.4, 0.5) is 13.2 Å². The van der Waals surface area contributed by atoms with Gasteiger partial charge in [-0.3, -0.25) is 4.57 Å². The van der Waals surface area contributed by atoms with Crippen molar-refractivity contribution in [2.24, 2.45) is 0 Å². The fourth-order valence-electron chi connectivity index (χ4n) is 0.340. The van der Waals surface area contributed by atoms with E-state index < -0.39 is 25.0 Å². The van der Waals surface area contributed by atoms with Crippen LogP contribution in [0.3, 0.4) is 0 Å². The van der Waals surface area contributed by atoms with E-state index in [0.717, 1.165) is 0 Å². The van der Waals surface area contributed by atoms with Crippen molar-refractivity contribution in [3.63, 3.8) is 0 Å². The molecule has 0 aliphatic heterocycles. The summed E-state index contributed by atoms with van der Waals surface area (Å²) in [6.45, 7) is 0. The van der Waals surface area contributed by atoms with Crippen LogP contribution in [0.25, 0.3) is 0 Å². The van der Waals surface area contributed by atoms with Crippen LogP contribution in [0.15, 0.2) is 0 Å². The highest BCUT2D eigenvalue weighted by atomic mass is 35.5. The van der Waals surface area contributed by atoms with E-state index >= 15 is 0 Å². The summed E-state index contributed by atoms with van der Waals surface area (Å²) in [6, 6.07) is 0. The maximum atomic E-state index is 11.6. The zero-order valence-corrected chi connectivity index (χ0v) is 7.01. The fraction of sp³-hybridized carbons (Fsp3) is 1.00. The Kier molecular flexibility index (Phi) is 3.57.